The Balaban J connectivity index is 1.63. The lowest BCUT2D eigenvalue weighted by atomic mass is 10.0. The summed E-state index contributed by atoms with van der Waals surface area (Å²) >= 11 is 0. The lowest BCUT2D eigenvalue weighted by Crippen LogP contribution is -2.48. The number of hydrogen-bond donors (Lipinski definition) is 1. The van der Waals surface area contributed by atoms with Crippen LogP contribution in [0.25, 0.3) is 0 Å². The molecule has 3 rings (SSSR count). The van der Waals surface area contributed by atoms with Crippen LogP contribution in [-0.2, 0) is 0 Å². The quantitative estimate of drug-likeness (QED) is 0.928. The molecule has 1 saturated heterocycles. The summed E-state index contributed by atoms with van der Waals surface area (Å²) in [5, 5.41) is 16.3. The van der Waals surface area contributed by atoms with Crippen LogP contribution in [0, 0.1) is 5.82 Å². The number of rotatable bonds is 4. The van der Waals surface area contributed by atoms with E-state index < -0.39 is 5.97 Å². The largest absolute Gasteiger partial charge is 0.476 e. The third-order valence-electron chi connectivity index (χ3n) is 3.87. The maximum atomic E-state index is 13.2. The maximum Gasteiger partial charge on any atom is 0.358 e. The standard InChI is InChI=1S/C14H15FN4O2/c1-9(10-3-2-4-11(15)5-10)18-6-12(7-18)19-8-13(14(20)21)16-17-19/h2-5,8-9,12H,6-7H2,1H3,(H,20,21). The number of carboxylic acids is 1. The fraction of sp³-hybridized carbons (Fsp3) is 0.357. The Morgan fingerprint density at radius 3 is 2.86 bits per heavy atom. The summed E-state index contributed by atoms with van der Waals surface area (Å²) in [5.41, 5.74) is 0.880. The zero-order valence-electron chi connectivity index (χ0n) is 11.5. The van der Waals surface area contributed by atoms with Crippen molar-refractivity contribution in [2.24, 2.45) is 0 Å². The fourth-order valence-electron chi connectivity index (χ4n) is 2.50. The van der Waals surface area contributed by atoms with E-state index in [-0.39, 0.29) is 23.6 Å². The van der Waals surface area contributed by atoms with Crippen LogP contribution >= 0.6 is 0 Å². The van der Waals surface area contributed by atoms with Crippen LogP contribution in [0.2, 0.25) is 0 Å². The summed E-state index contributed by atoms with van der Waals surface area (Å²) < 4.78 is 14.8. The lowest BCUT2D eigenvalue weighted by molar-refractivity contribution is 0.0584. The topological polar surface area (TPSA) is 71.2 Å². The average Bonchev–Trinajstić information content (AvgIpc) is 2.86. The first-order valence-electron chi connectivity index (χ1n) is 6.69. The van der Waals surface area contributed by atoms with Gasteiger partial charge >= 0.3 is 5.97 Å². The Kier molecular flexibility index (Phi) is 3.42. The summed E-state index contributed by atoms with van der Waals surface area (Å²) in [5.74, 6) is -1.32. The number of benzene rings is 1. The molecule has 1 unspecified atom stereocenters. The van der Waals surface area contributed by atoms with Crippen molar-refractivity contribution < 1.29 is 14.3 Å². The zero-order valence-corrected chi connectivity index (χ0v) is 11.5. The van der Waals surface area contributed by atoms with Gasteiger partial charge < -0.3 is 5.11 Å². The minimum atomic E-state index is -1.08. The van der Waals surface area contributed by atoms with E-state index in [1.54, 1.807) is 10.7 Å². The van der Waals surface area contributed by atoms with Crippen LogP contribution in [0.15, 0.2) is 30.5 Å². The highest BCUT2D eigenvalue weighted by Crippen LogP contribution is 2.30. The molecule has 21 heavy (non-hydrogen) atoms. The Hall–Kier alpha value is -2.28. The molecule has 2 heterocycles. The first-order chi connectivity index (χ1) is 10.0. The van der Waals surface area contributed by atoms with Gasteiger partial charge in [-0.1, -0.05) is 17.3 Å². The molecule has 1 aliphatic rings. The highest BCUT2D eigenvalue weighted by atomic mass is 19.1. The van der Waals surface area contributed by atoms with E-state index in [0.29, 0.717) is 0 Å². The van der Waals surface area contributed by atoms with Gasteiger partial charge in [-0.3, -0.25) is 4.90 Å². The van der Waals surface area contributed by atoms with Crippen molar-refractivity contribution in [2.45, 2.75) is 19.0 Å². The fourth-order valence-corrected chi connectivity index (χ4v) is 2.50. The number of carbonyl (C=O) groups is 1. The molecule has 0 amide bonds. The van der Waals surface area contributed by atoms with Gasteiger partial charge in [0.15, 0.2) is 5.69 Å². The first kappa shape index (κ1) is 13.7. The number of aromatic nitrogens is 3. The van der Waals surface area contributed by atoms with Crippen LogP contribution in [-0.4, -0.2) is 44.1 Å². The SMILES string of the molecule is CC(c1cccc(F)c1)N1CC(n2cc(C(=O)O)nn2)C1. The highest BCUT2D eigenvalue weighted by Gasteiger charge is 2.33. The molecular formula is C14H15FN4O2. The summed E-state index contributed by atoms with van der Waals surface area (Å²) in [7, 11) is 0. The van der Waals surface area contributed by atoms with Gasteiger partial charge in [0.05, 0.1) is 12.2 Å². The normalized spacial score (nSPS) is 17.4. The molecule has 110 valence electrons. The highest BCUT2D eigenvalue weighted by molar-refractivity contribution is 5.84. The van der Waals surface area contributed by atoms with Crippen LogP contribution in [0.3, 0.4) is 0 Å². The van der Waals surface area contributed by atoms with Crippen molar-refractivity contribution in [3.05, 3.63) is 47.5 Å². The molecule has 0 aliphatic carbocycles. The van der Waals surface area contributed by atoms with E-state index in [0.717, 1.165) is 18.7 Å². The summed E-state index contributed by atoms with van der Waals surface area (Å²) in [6, 6.07) is 6.79. The van der Waals surface area contributed by atoms with Gasteiger partial charge in [-0.2, -0.15) is 0 Å². The smallest absolute Gasteiger partial charge is 0.358 e. The monoisotopic (exact) mass is 290 g/mol. The first-order valence-corrected chi connectivity index (χ1v) is 6.69. The maximum absolute atomic E-state index is 13.2. The Labute approximate surface area is 120 Å². The van der Waals surface area contributed by atoms with E-state index in [1.807, 2.05) is 13.0 Å². The van der Waals surface area contributed by atoms with Gasteiger partial charge in [-0.25, -0.2) is 13.9 Å². The van der Waals surface area contributed by atoms with Gasteiger partial charge in [-0.05, 0) is 24.6 Å². The van der Waals surface area contributed by atoms with Crippen molar-refractivity contribution in [2.75, 3.05) is 13.1 Å². The number of nitrogens with zero attached hydrogens (tertiary/aromatic N) is 4. The lowest BCUT2D eigenvalue weighted by Gasteiger charge is -2.43. The third kappa shape index (κ3) is 2.64. The molecule has 1 aliphatic heterocycles. The molecule has 1 aromatic heterocycles. The van der Waals surface area contributed by atoms with Crippen LogP contribution in [0.4, 0.5) is 4.39 Å². The molecule has 2 aromatic rings. The molecule has 6 nitrogen and oxygen atoms in total. The minimum absolute atomic E-state index is 0.0494. The van der Waals surface area contributed by atoms with Gasteiger partial charge in [0.1, 0.15) is 5.82 Å². The second-order valence-corrected chi connectivity index (χ2v) is 5.23. The second-order valence-electron chi connectivity index (χ2n) is 5.23. The molecule has 0 saturated carbocycles. The number of halogens is 1. The number of aromatic carboxylic acids is 1. The Morgan fingerprint density at radius 2 is 2.24 bits per heavy atom. The number of hydrogen-bond acceptors (Lipinski definition) is 4. The minimum Gasteiger partial charge on any atom is -0.476 e. The molecule has 1 aromatic carbocycles. The van der Waals surface area contributed by atoms with Crippen molar-refractivity contribution in [3.8, 4) is 0 Å². The van der Waals surface area contributed by atoms with Gasteiger partial charge in [-0.15, -0.1) is 5.10 Å². The summed E-state index contributed by atoms with van der Waals surface area (Å²) in [4.78, 5) is 13.0. The van der Waals surface area contributed by atoms with Crippen LogP contribution < -0.4 is 0 Å². The molecular weight excluding hydrogens is 275 g/mol. The molecule has 7 heteroatoms. The predicted octanol–water partition coefficient (Wildman–Crippen LogP) is 1.73. The predicted molar refractivity (Wildman–Crippen MR) is 72.4 cm³/mol. The number of likely N-dealkylation sites (tertiary alicyclic amines) is 1. The molecule has 1 fully saturated rings. The van der Waals surface area contributed by atoms with Crippen molar-refractivity contribution in [1.82, 2.24) is 19.9 Å². The Bertz CT molecular complexity index is 666. The van der Waals surface area contributed by atoms with Gasteiger partial charge in [0.2, 0.25) is 0 Å². The number of carboxylic acid groups (broad SMARTS) is 1. The zero-order chi connectivity index (χ0) is 15.0. The van der Waals surface area contributed by atoms with E-state index in [9.17, 15) is 9.18 Å². The molecule has 0 radical (unpaired) electrons. The van der Waals surface area contributed by atoms with Crippen LogP contribution in [0.5, 0.6) is 0 Å². The van der Waals surface area contributed by atoms with Crippen molar-refractivity contribution in [3.63, 3.8) is 0 Å². The van der Waals surface area contributed by atoms with Gasteiger partial charge in [0.25, 0.3) is 0 Å². The van der Waals surface area contributed by atoms with E-state index in [4.69, 9.17) is 5.11 Å². The van der Waals surface area contributed by atoms with E-state index >= 15 is 0 Å². The summed E-state index contributed by atoms with van der Waals surface area (Å²) in [6.07, 6.45) is 1.44. The van der Waals surface area contributed by atoms with Crippen LogP contribution in [0.1, 0.15) is 35.1 Å². The van der Waals surface area contributed by atoms with Gasteiger partial charge in [0, 0.05) is 19.1 Å². The van der Waals surface area contributed by atoms with E-state index in [1.165, 1.54) is 18.3 Å². The average molecular weight is 290 g/mol. The van der Waals surface area contributed by atoms with Crippen molar-refractivity contribution >= 4 is 5.97 Å². The van der Waals surface area contributed by atoms with Crippen molar-refractivity contribution in [1.29, 1.82) is 0 Å². The second kappa shape index (κ2) is 5.25. The molecule has 1 N–H and O–H groups in total. The third-order valence-corrected chi connectivity index (χ3v) is 3.87. The summed E-state index contributed by atoms with van der Waals surface area (Å²) in [6.45, 7) is 3.50. The molecule has 0 spiro atoms. The van der Waals surface area contributed by atoms with E-state index in [2.05, 4.69) is 15.2 Å². The Morgan fingerprint density at radius 1 is 1.48 bits per heavy atom. The molecule has 0 bridgehead atoms. The molecule has 1 atom stereocenters.